The summed E-state index contributed by atoms with van der Waals surface area (Å²) in [5, 5.41) is 2.20. The Hall–Kier alpha value is -2.59. The van der Waals surface area contributed by atoms with Crippen LogP contribution in [0.5, 0.6) is 11.5 Å². The van der Waals surface area contributed by atoms with E-state index < -0.39 is 17.9 Å². The van der Waals surface area contributed by atoms with Crippen LogP contribution in [0.4, 0.5) is 8.78 Å². The minimum atomic E-state index is -3.56. The largest absolute Gasteiger partial charge is 0.492 e. The summed E-state index contributed by atoms with van der Waals surface area (Å²) in [6.07, 6.45) is 7.65. The van der Waals surface area contributed by atoms with Crippen LogP contribution in [-0.2, 0) is 10.7 Å². The molecule has 3 N–H and O–H groups in total. The Balaban J connectivity index is 1.36. The highest BCUT2D eigenvalue weighted by atomic mass is 35.5. The van der Waals surface area contributed by atoms with Crippen molar-refractivity contribution in [2.45, 2.75) is 87.3 Å². The van der Waals surface area contributed by atoms with E-state index in [9.17, 15) is 4.79 Å². The molecule has 2 fully saturated rings. The van der Waals surface area contributed by atoms with Gasteiger partial charge >= 0.3 is 0 Å². The summed E-state index contributed by atoms with van der Waals surface area (Å²) in [5.41, 5.74) is 5.68. The first-order valence-electron chi connectivity index (χ1n) is 15.2. The maximum absolute atomic E-state index is 16.3. The number of nitrogens with two attached hydrogens (primary N) is 1. The number of hydrogen-bond donors (Lipinski definition) is 2. The molecule has 1 atom stereocenters. The van der Waals surface area contributed by atoms with Gasteiger partial charge in [-0.25, -0.2) is 4.72 Å². The summed E-state index contributed by atoms with van der Waals surface area (Å²) in [6.45, 7) is 3.06. The molecule has 1 amide bonds. The van der Waals surface area contributed by atoms with E-state index in [1.807, 2.05) is 43.3 Å². The summed E-state index contributed by atoms with van der Waals surface area (Å²) in [5.74, 6) is -3.20. The highest BCUT2D eigenvalue weighted by Crippen LogP contribution is 2.39. The zero-order chi connectivity index (χ0) is 30.4. The van der Waals surface area contributed by atoms with Crippen LogP contribution < -0.4 is 19.9 Å². The minimum absolute atomic E-state index is 0.0360. The molecule has 1 saturated carbocycles. The first-order valence-corrected chi connectivity index (χ1v) is 16.4. The Morgan fingerprint density at radius 3 is 2.53 bits per heavy atom. The fraction of sp³-hybridized carbons (Fsp3) is 0.485. The number of nitrogens with one attached hydrogen (secondary N) is 1. The minimum Gasteiger partial charge on any atom is -0.492 e. The highest BCUT2D eigenvalue weighted by Gasteiger charge is 2.48. The van der Waals surface area contributed by atoms with Crippen molar-refractivity contribution in [3.63, 3.8) is 0 Å². The molecule has 10 heteroatoms. The number of likely N-dealkylation sites (tertiary alicyclic amines) is 1. The molecule has 5 rings (SSSR count). The van der Waals surface area contributed by atoms with Gasteiger partial charge in [-0.3, -0.25) is 4.79 Å². The Bertz CT molecular complexity index is 1400. The van der Waals surface area contributed by atoms with Crippen molar-refractivity contribution in [1.29, 1.82) is 0 Å². The molecule has 0 radical (unpaired) electrons. The second kappa shape index (κ2) is 14.5. The molecule has 0 bridgehead atoms. The molecule has 2 aliphatic rings. The molecular formula is C33H40ClF2N3O3S. The Kier molecular flexibility index (Phi) is 10.7. The van der Waals surface area contributed by atoms with Crippen molar-refractivity contribution < 1.29 is 23.0 Å². The third-order valence-corrected chi connectivity index (χ3v) is 9.37. The molecule has 232 valence electrons. The van der Waals surface area contributed by atoms with Crippen LogP contribution in [0.2, 0.25) is 5.02 Å². The lowest BCUT2D eigenvalue weighted by molar-refractivity contribution is -0.145. The Morgan fingerprint density at radius 2 is 1.79 bits per heavy atom. The second-order valence-corrected chi connectivity index (χ2v) is 12.8. The third-order valence-electron chi connectivity index (χ3n) is 8.22. The monoisotopic (exact) mass is 631 g/mol. The van der Waals surface area contributed by atoms with Crippen LogP contribution in [-0.4, -0.2) is 48.7 Å². The van der Waals surface area contributed by atoms with E-state index in [1.165, 1.54) is 35.9 Å². The normalized spacial score (nSPS) is 17.4. The van der Waals surface area contributed by atoms with Crippen LogP contribution in [0.15, 0.2) is 59.5 Å². The number of fused-ring (bicyclic) bond motifs is 1. The fourth-order valence-corrected chi connectivity index (χ4v) is 6.56. The number of alkyl halides is 2. The molecule has 6 nitrogen and oxygen atoms in total. The Labute approximate surface area is 261 Å². The highest BCUT2D eigenvalue weighted by molar-refractivity contribution is 7.97. The van der Waals surface area contributed by atoms with Gasteiger partial charge in [-0.15, -0.1) is 0 Å². The predicted molar refractivity (Wildman–Crippen MR) is 169 cm³/mol. The van der Waals surface area contributed by atoms with Crippen molar-refractivity contribution >= 4 is 40.2 Å². The first-order chi connectivity index (χ1) is 20.7. The van der Waals surface area contributed by atoms with Crippen molar-refractivity contribution in [2.75, 3.05) is 19.7 Å². The van der Waals surface area contributed by atoms with Crippen molar-refractivity contribution in [3.8, 4) is 11.5 Å². The summed E-state index contributed by atoms with van der Waals surface area (Å²) in [6, 6.07) is 13.7. The lowest BCUT2D eigenvalue weighted by atomic mass is 9.98. The number of benzene rings is 3. The number of piperidine rings is 1. The van der Waals surface area contributed by atoms with Gasteiger partial charge in [0, 0.05) is 29.6 Å². The van der Waals surface area contributed by atoms with Gasteiger partial charge in [0.25, 0.3) is 5.92 Å². The molecule has 3 aromatic carbocycles. The number of nitrogens with zero attached hydrogens (tertiary/aromatic N) is 1. The van der Waals surface area contributed by atoms with Gasteiger partial charge in [0.05, 0.1) is 17.7 Å². The van der Waals surface area contributed by atoms with Gasteiger partial charge in [-0.1, -0.05) is 43.1 Å². The van der Waals surface area contributed by atoms with Gasteiger partial charge in [0.2, 0.25) is 5.91 Å². The van der Waals surface area contributed by atoms with Crippen molar-refractivity contribution in [2.24, 2.45) is 5.73 Å². The van der Waals surface area contributed by atoms with E-state index in [1.54, 1.807) is 0 Å². The lowest BCUT2D eigenvalue weighted by Crippen LogP contribution is -2.55. The molecule has 1 aliphatic heterocycles. The molecule has 43 heavy (non-hydrogen) atoms. The van der Waals surface area contributed by atoms with Crippen molar-refractivity contribution in [3.05, 3.63) is 65.2 Å². The SMILES string of the molecule is CCCCOc1cc(C(F)(F)C(NSc2ccc3cc(OC4CCCC4)ccc3c2)C(=O)N2CCC(N)CC2)ccc1Cl. The van der Waals surface area contributed by atoms with E-state index in [2.05, 4.69) is 4.72 Å². The molecule has 1 aliphatic carbocycles. The summed E-state index contributed by atoms with van der Waals surface area (Å²) in [4.78, 5) is 15.9. The van der Waals surface area contributed by atoms with Crippen molar-refractivity contribution in [1.82, 2.24) is 9.62 Å². The number of ether oxygens (including phenoxy) is 2. The van der Waals surface area contributed by atoms with Crippen LogP contribution >= 0.6 is 23.5 Å². The average molecular weight is 632 g/mol. The topological polar surface area (TPSA) is 76.8 Å². The third kappa shape index (κ3) is 7.93. The van der Waals surface area contributed by atoms with Gasteiger partial charge in [0.1, 0.15) is 11.5 Å². The summed E-state index contributed by atoms with van der Waals surface area (Å²) in [7, 11) is 0. The quantitative estimate of drug-likeness (QED) is 0.158. The number of unbranched alkanes of at least 4 members (excludes halogenated alkanes) is 1. The van der Waals surface area contributed by atoms with Gasteiger partial charge in [-0.05, 0) is 104 Å². The molecule has 1 heterocycles. The summed E-state index contributed by atoms with van der Waals surface area (Å²) >= 11 is 7.28. The van der Waals surface area contributed by atoms with E-state index in [-0.39, 0.29) is 28.5 Å². The number of carbonyl (C=O) groups is 1. The average Bonchev–Trinajstić information content (AvgIpc) is 3.51. The molecule has 0 spiro atoms. The van der Waals surface area contributed by atoms with E-state index in [0.717, 1.165) is 54.2 Å². The fourth-order valence-electron chi connectivity index (χ4n) is 5.56. The van der Waals surface area contributed by atoms with E-state index in [4.69, 9.17) is 26.8 Å². The van der Waals surface area contributed by atoms with E-state index >= 15 is 8.78 Å². The van der Waals surface area contributed by atoms with Crippen LogP contribution in [0, 0.1) is 0 Å². The van der Waals surface area contributed by atoms with Gasteiger partial charge < -0.3 is 20.1 Å². The first kappa shape index (κ1) is 31.8. The number of carbonyl (C=O) groups excluding carboxylic acids is 1. The van der Waals surface area contributed by atoms with Gasteiger partial charge in [0.15, 0.2) is 6.04 Å². The predicted octanol–water partition coefficient (Wildman–Crippen LogP) is 7.70. The zero-order valence-electron chi connectivity index (χ0n) is 24.5. The lowest BCUT2D eigenvalue weighted by Gasteiger charge is -2.35. The number of hydrogen-bond acceptors (Lipinski definition) is 6. The molecule has 1 unspecified atom stereocenters. The smallest absolute Gasteiger partial charge is 0.298 e. The maximum Gasteiger partial charge on any atom is 0.298 e. The Morgan fingerprint density at radius 1 is 1.07 bits per heavy atom. The standard InChI is InChI=1S/C33H40ClF2N3O3S/c1-2-3-18-41-30-21-24(10-13-29(30)34)33(35,36)31(32(40)39-16-14-25(37)15-17-39)38-43-28-12-9-22-19-27(11-8-23(22)20-28)42-26-6-4-5-7-26/h8-13,19-21,25-26,31,38H,2-7,14-18,37H2,1H3. The molecule has 3 aromatic rings. The van der Waals surface area contributed by atoms with E-state index in [0.29, 0.717) is 37.4 Å². The second-order valence-electron chi connectivity index (χ2n) is 11.5. The molecular weight excluding hydrogens is 592 g/mol. The zero-order valence-corrected chi connectivity index (χ0v) is 26.1. The molecule has 1 saturated heterocycles. The number of rotatable bonds is 12. The number of halogens is 3. The van der Waals surface area contributed by atoms with Crippen LogP contribution in [0.3, 0.4) is 0 Å². The maximum atomic E-state index is 16.3. The number of amides is 1. The van der Waals surface area contributed by atoms with Crippen LogP contribution in [0.25, 0.3) is 10.8 Å². The summed E-state index contributed by atoms with van der Waals surface area (Å²) < 4.78 is 47.3. The van der Waals surface area contributed by atoms with Crippen LogP contribution in [0.1, 0.15) is 63.9 Å². The molecule has 0 aromatic heterocycles. The van der Waals surface area contributed by atoms with Gasteiger partial charge in [-0.2, -0.15) is 8.78 Å².